The van der Waals surface area contributed by atoms with Crippen LogP contribution in [-0.2, 0) is 4.79 Å². The predicted molar refractivity (Wildman–Crippen MR) is 129 cm³/mol. The van der Waals surface area contributed by atoms with E-state index in [2.05, 4.69) is 30.9 Å². The van der Waals surface area contributed by atoms with Crippen molar-refractivity contribution in [3.05, 3.63) is 53.3 Å². The molecule has 0 saturated heterocycles. The number of amides is 1. The van der Waals surface area contributed by atoms with Gasteiger partial charge in [-0.2, -0.15) is 0 Å². The fourth-order valence-corrected chi connectivity index (χ4v) is 4.79. The molecule has 1 amide bonds. The largest absolute Gasteiger partial charge is 0.308 e. The number of aromatic nitrogens is 1. The van der Waals surface area contributed by atoms with Crippen molar-refractivity contribution >= 4 is 56.8 Å². The SMILES string of the molecule is Cc1ccc2sc(N(CCN(C)C)C(=O)CCSc3ccc(F)cc3)nc2c1C.Cl. The Morgan fingerprint density at radius 2 is 1.80 bits per heavy atom. The van der Waals surface area contributed by atoms with Gasteiger partial charge in [-0.1, -0.05) is 17.4 Å². The van der Waals surface area contributed by atoms with E-state index in [0.29, 0.717) is 18.7 Å². The van der Waals surface area contributed by atoms with Crippen LogP contribution in [0.4, 0.5) is 9.52 Å². The fourth-order valence-electron chi connectivity index (χ4n) is 2.88. The van der Waals surface area contributed by atoms with Crippen molar-refractivity contribution in [1.29, 1.82) is 0 Å². The summed E-state index contributed by atoms with van der Waals surface area (Å²) in [6, 6.07) is 10.6. The Kier molecular flexibility index (Phi) is 9.09. The van der Waals surface area contributed by atoms with E-state index in [0.717, 1.165) is 32.4 Å². The van der Waals surface area contributed by atoms with Gasteiger partial charge in [0.15, 0.2) is 5.13 Å². The number of thiazole rings is 1. The topological polar surface area (TPSA) is 36.4 Å². The van der Waals surface area contributed by atoms with Crippen molar-refractivity contribution in [3.63, 3.8) is 0 Å². The molecule has 30 heavy (non-hydrogen) atoms. The monoisotopic (exact) mass is 467 g/mol. The Morgan fingerprint density at radius 1 is 1.10 bits per heavy atom. The molecule has 8 heteroatoms. The molecule has 3 rings (SSSR count). The highest BCUT2D eigenvalue weighted by Crippen LogP contribution is 2.32. The van der Waals surface area contributed by atoms with Crippen LogP contribution in [-0.4, -0.2) is 48.7 Å². The number of hydrogen-bond acceptors (Lipinski definition) is 5. The highest BCUT2D eigenvalue weighted by atomic mass is 35.5. The Hall–Kier alpha value is -1.67. The van der Waals surface area contributed by atoms with Crippen molar-refractivity contribution in [2.75, 3.05) is 37.8 Å². The standard InChI is InChI=1S/C22H26FN3OS2.ClH/c1-15-5-10-19-21(16(15)2)24-22(29-19)26(13-12-25(3)4)20(27)11-14-28-18-8-6-17(23)7-9-18;/h5-10H,11-14H2,1-4H3;1H. The van der Waals surface area contributed by atoms with Crippen LogP contribution in [0.1, 0.15) is 17.5 Å². The number of benzene rings is 2. The average molecular weight is 468 g/mol. The zero-order chi connectivity index (χ0) is 21.0. The van der Waals surface area contributed by atoms with Crippen LogP contribution in [0.25, 0.3) is 10.2 Å². The van der Waals surface area contributed by atoms with Gasteiger partial charge in [0, 0.05) is 30.2 Å². The third-order valence-electron chi connectivity index (χ3n) is 4.77. The summed E-state index contributed by atoms with van der Waals surface area (Å²) < 4.78 is 14.1. The van der Waals surface area contributed by atoms with E-state index < -0.39 is 0 Å². The van der Waals surface area contributed by atoms with Gasteiger partial charge in [-0.3, -0.25) is 9.69 Å². The molecule has 1 aromatic heterocycles. The molecular formula is C22H27ClFN3OS2. The van der Waals surface area contributed by atoms with Crippen LogP contribution in [0.2, 0.25) is 0 Å². The van der Waals surface area contributed by atoms with E-state index in [-0.39, 0.29) is 24.1 Å². The molecule has 1 heterocycles. The van der Waals surface area contributed by atoms with Gasteiger partial charge in [0.05, 0.1) is 10.2 Å². The molecular weight excluding hydrogens is 441 g/mol. The Balaban J connectivity index is 0.00000320. The second-order valence-electron chi connectivity index (χ2n) is 7.25. The molecule has 0 atom stereocenters. The highest BCUT2D eigenvalue weighted by Gasteiger charge is 2.20. The summed E-state index contributed by atoms with van der Waals surface area (Å²) in [6.07, 6.45) is 0.406. The summed E-state index contributed by atoms with van der Waals surface area (Å²) >= 11 is 3.13. The van der Waals surface area contributed by atoms with E-state index in [9.17, 15) is 9.18 Å². The lowest BCUT2D eigenvalue weighted by Gasteiger charge is -2.22. The lowest BCUT2D eigenvalue weighted by Crippen LogP contribution is -2.36. The molecule has 0 unspecified atom stereocenters. The van der Waals surface area contributed by atoms with Crippen LogP contribution >= 0.6 is 35.5 Å². The van der Waals surface area contributed by atoms with Crippen LogP contribution in [0, 0.1) is 19.7 Å². The molecule has 0 saturated carbocycles. The molecule has 2 aromatic carbocycles. The summed E-state index contributed by atoms with van der Waals surface area (Å²) in [4.78, 5) is 22.7. The third kappa shape index (κ3) is 6.17. The number of likely N-dealkylation sites (N-methyl/N-ethyl adjacent to an activating group) is 1. The minimum absolute atomic E-state index is 0. The first-order valence-corrected chi connectivity index (χ1v) is 11.4. The van der Waals surface area contributed by atoms with Gasteiger partial charge in [-0.25, -0.2) is 9.37 Å². The predicted octanol–water partition coefficient (Wildman–Crippen LogP) is 5.55. The van der Waals surface area contributed by atoms with Gasteiger partial charge >= 0.3 is 0 Å². The number of halogens is 2. The van der Waals surface area contributed by atoms with Crippen LogP contribution < -0.4 is 4.90 Å². The lowest BCUT2D eigenvalue weighted by atomic mass is 10.1. The Morgan fingerprint density at radius 3 is 2.47 bits per heavy atom. The molecule has 3 aromatic rings. The van der Waals surface area contributed by atoms with Crippen molar-refractivity contribution in [2.24, 2.45) is 0 Å². The number of carbonyl (C=O) groups is 1. The number of fused-ring (bicyclic) bond motifs is 1. The van der Waals surface area contributed by atoms with Crippen molar-refractivity contribution < 1.29 is 9.18 Å². The van der Waals surface area contributed by atoms with E-state index in [4.69, 9.17) is 4.98 Å². The van der Waals surface area contributed by atoms with E-state index in [1.54, 1.807) is 35.2 Å². The van der Waals surface area contributed by atoms with Gasteiger partial charge in [0.1, 0.15) is 5.82 Å². The van der Waals surface area contributed by atoms with E-state index in [1.807, 2.05) is 19.0 Å². The molecule has 0 fully saturated rings. The maximum absolute atomic E-state index is 13.0. The van der Waals surface area contributed by atoms with Gasteiger partial charge in [0.2, 0.25) is 5.91 Å². The molecule has 0 radical (unpaired) electrons. The highest BCUT2D eigenvalue weighted by molar-refractivity contribution is 7.99. The summed E-state index contributed by atoms with van der Waals surface area (Å²) in [5, 5.41) is 0.757. The lowest BCUT2D eigenvalue weighted by molar-refractivity contribution is -0.118. The normalized spacial score (nSPS) is 11.0. The third-order valence-corrected chi connectivity index (χ3v) is 6.83. The first-order valence-electron chi connectivity index (χ1n) is 9.55. The molecule has 0 aliphatic carbocycles. The number of rotatable bonds is 8. The first-order chi connectivity index (χ1) is 13.8. The Labute approximate surface area is 191 Å². The molecule has 0 N–H and O–H groups in total. The quantitative estimate of drug-likeness (QED) is 0.407. The molecule has 0 spiro atoms. The van der Waals surface area contributed by atoms with Gasteiger partial charge in [-0.05, 0) is 69.4 Å². The fraction of sp³-hybridized carbons (Fsp3) is 0.364. The number of thioether (sulfide) groups is 1. The minimum atomic E-state index is -0.248. The average Bonchev–Trinajstić information content (AvgIpc) is 3.11. The Bertz CT molecular complexity index is 992. The summed E-state index contributed by atoms with van der Waals surface area (Å²) in [7, 11) is 4.00. The van der Waals surface area contributed by atoms with Gasteiger partial charge in [-0.15, -0.1) is 24.2 Å². The molecule has 0 aliphatic heterocycles. The zero-order valence-electron chi connectivity index (χ0n) is 17.6. The first kappa shape index (κ1) is 24.6. The van der Waals surface area contributed by atoms with Crippen LogP contribution in [0.3, 0.4) is 0 Å². The molecule has 4 nitrogen and oxygen atoms in total. The summed E-state index contributed by atoms with van der Waals surface area (Å²) in [6.45, 7) is 5.53. The van der Waals surface area contributed by atoms with E-state index >= 15 is 0 Å². The number of carbonyl (C=O) groups excluding carboxylic acids is 1. The van der Waals surface area contributed by atoms with E-state index in [1.165, 1.54) is 17.7 Å². The van der Waals surface area contributed by atoms with Crippen LogP contribution in [0.5, 0.6) is 0 Å². The van der Waals surface area contributed by atoms with Crippen molar-refractivity contribution in [1.82, 2.24) is 9.88 Å². The maximum Gasteiger partial charge on any atom is 0.229 e. The second-order valence-corrected chi connectivity index (χ2v) is 9.43. The van der Waals surface area contributed by atoms with Crippen LogP contribution in [0.15, 0.2) is 41.3 Å². The van der Waals surface area contributed by atoms with Crippen molar-refractivity contribution in [3.8, 4) is 0 Å². The smallest absolute Gasteiger partial charge is 0.229 e. The zero-order valence-corrected chi connectivity index (χ0v) is 20.1. The number of aryl methyl sites for hydroxylation is 2. The van der Waals surface area contributed by atoms with Gasteiger partial charge in [0.25, 0.3) is 0 Å². The number of nitrogens with zero attached hydrogens (tertiary/aromatic N) is 3. The summed E-state index contributed by atoms with van der Waals surface area (Å²) in [5.41, 5.74) is 3.35. The van der Waals surface area contributed by atoms with Crippen molar-refractivity contribution in [2.45, 2.75) is 25.2 Å². The molecule has 0 aliphatic rings. The second kappa shape index (κ2) is 11.1. The molecule has 0 bridgehead atoms. The summed E-state index contributed by atoms with van der Waals surface area (Å²) in [5.74, 6) is 0.461. The minimum Gasteiger partial charge on any atom is -0.308 e. The number of hydrogen-bond donors (Lipinski definition) is 0. The number of anilines is 1. The molecule has 162 valence electrons. The maximum atomic E-state index is 13.0. The van der Waals surface area contributed by atoms with Gasteiger partial charge < -0.3 is 4.90 Å².